The standard InChI is InChI=1S/C12H15N5O/c1-8-4-3-5-14-10(8)7-15-12(18)11-9(13)6-16-17(11)2/h3-6H,7,13H2,1-2H3,(H,15,18). The number of nitrogen functional groups attached to an aromatic ring is 1. The van der Waals surface area contributed by atoms with Gasteiger partial charge < -0.3 is 11.1 Å². The lowest BCUT2D eigenvalue weighted by Gasteiger charge is -2.07. The van der Waals surface area contributed by atoms with E-state index in [1.54, 1.807) is 13.2 Å². The van der Waals surface area contributed by atoms with E-state index in [0.29, 0.717) is 17.9 Å². The zero-order chi connectivity index (χ0) is 13.1. The van der Waals surface area contributed by atoms with Crippen molar-refractivity contribution in [3.63, 3.8) is 0 Å². The fourth-order valence-corrected chi connectivity index (χ4v) is 1.68. The van der Waals surface area contributed by atoms with Crippen molar-refractivity contribution in [3.05, 3.63) is 41.5 Å². The second kappa shape index (κ2) is 4.87. The average Bonchev–Trinajstić information content (AvgIpc) is 2.68. The molecule has 0 aromatic carbocycles. The molecule has 2 aromatic rings. The molecule has 0 spiro atoms. The summed E-state index contributed by atoms with van der Waals surface area (Å²) >= 11 is 0. The van der Waals surface area contributed by atoms with Gasteiger partial charge in [0.2, 0.25) is 0 Å². The molecule has 2 heterocycles. The van der Waals surface area contributed by atoms with E-state index in [4.69, 9.17) is 5.73 Å². The predicted molar refractivity (Wildman–Crippen MR) is 67.8 cm³/mol. The minimum Gasteiger partial charge on any atom is -0.396 e. The number of amides is 1. The van der Waals surface area contributed by atoms with Gasteiger partial charge >= 0.3 is 0 Å². The molecule has 0 radical (unpaired) electrons. The zero-order valence-corrected chi connectivity index (χ0v) is 10.3. The molecule has 0 fully saturated rings. The Morgan fingerprint density at radius 2 is 2.33 bits per heavy atom. The number of carbonyl (C=O) groups excluding carboxylic acids is 1. The van der Waals surface area contributed by atoms with Crippen molar-refractivity contribution < 1.29 is 4.79 Å². The van der Waals surface area contributed by atoms with Crippen LogP contribution in [0.4, 0.5) is 5.69 Å². The highest BCUT2D eigenvalue weighted by atomic mass is 16.2. The lowest BCUT2D eigenvalue weighted by Crippen LogP contribution is -2.26. The van der Waals surface area contributed by atoms with Gasteiger partial charge in [0.15, 0.2) is 0 Å². The Bertz CT molecular complexity index is 556. The quantitative estimate of drug-likeness (QED) is 0.830. The summed E-state index contributed by atoms with van der Waals surface area (Å²) in [4.78, 5) is 16.2. The SMILES string of the molecule is Cc1cccnc1CNC(=O)c1c(N)cnn1C. The Labute approximate surface area is 105 Å². The number of rotatable bonds is 3. The Morgan fingerprint density at radius 3 is 2.94 bits per heavy atom. The van der Waals surface area contributed by atoms with Crippen LogP contribution in [-0.2, 0) is 13.6 Å². The number of pyridine rings is 1. The first kappa shape index (κ1) is 12.1. The van der Waals surface area contributed by atoms with E-state index in [-0.39, 0.29) is 5.91 Å². The highest BCUT2D eigenvalue weighted by molar-refractivity contribution is 5.97. The number of aryl methyl sites for hydroxylation is 2. The van der Waals surface area contributed by atoms with Gasteiger partial charge in [-0.25, -0.2) is 0 Å². The van der Waals surface area contributed by atoms with Crippen LogP contribution >= 0.6 is 0 Å². The molecule has 0 aliphatic carbocycles. The molecule has 2 aromatic heterocycles. The fraction of sp³-hybridized carbons (Fsp3) is 0.250. The van der Waals surface area contributed by atoms with Crippen molar-refractivity contribution >= 4 is 11.6 Å². The minimum atomic E-state index is -0.252. The third kappa shape index (κ3) is 2.32. The van der Waals surface area contributed by atoms with Crippen molar-refractivity contribution in [3.8, 4) is 0 Å². The van der Waals surface area contributed by atoms with Crippen molar-refractivity contribution in [2.24, 2.45) is 7.05 Å². The monoisotopic (exact) mass is 245 g/mol. The highest BCUT2D eigenvalue weighted by Gasteiger charge is 2.14. The third-order valence-electron chi connectivity index (χ3n) is 2.72. The maximum absolute atomic E-state index is 12.0. The Balaban J connectivity index is 2.08. The van der Waals surface area contributed by atoms with E-state index in [9.17, 15) is 4.79 Å². The second-order valence-electron chi connectivity index (χ2n) is 4.02. The smallest absolute Gasteiger partial charge is 0.272 e. The molecule has 3 N–H and O–H groups in total. The first-order valence-corrected chi connectivity index (χ1v) is 5.55. The number of nitrogens with zero attached hydrogens (tertiary/aromatic N) is 3. The van der Waals surface area contributed by atoms with Gasteiger partial charge in [-0.3, -0.25) is 14.5 Å². The third-order valence-corrected chi connectivity index (χ3v) is 2.72. The molecule has 6 nitrogen and oxygen atoms in total. The number of nitrogens with two attached hydrogens (primary N) is 1. The topological polar surface area (TPSA) is 85.8 Å². The van der Waals surface area contributed by atoms with Crippen LogP contribution in [0, 0.1) is 6.92 Å². The summed E-state index contributed by atoms with van der Waals surface area (Å²) in [6.45, 7) is 2.32. The van der Waals surface area contributed by atoms with E-state index in [0.717, 1.165) is 11.3 Å². The molecule has 0 aliphatic rings. The van der Waals surface area contributed by atoms with Gasteiger partial charge in [0.25, 0.3) is 5.91 Å². The van der Waals surface area contributed by atoms with E-state index < -0.39 is 0 Å². The number of nitrogens with one attached hydrogen (secondary N) is 1. The lowest BCUT2D eigenvalue weighted by molar-refractivity contribution is 0.0942. The van der Waals surface area contributed by atoms with Crippen LogP contribution in [0.3, 0.4) is 0 Å². The van der Waals surface area contributed by atoms with Gasteiger partial charge in [0.05, 0.1) is 24.1 Å². The van der Waals surface area contributed by atoms with E-state index in [1.807, 2.05) is 19.1 Å². The van der Waals surface area contributed by atoms with Gasteiger partial charge in [0.1, 0.15) is 5.69 Å². The van der Waals surface area contributed by atoms with Gasteiger partial charge in [-0.15, -0.1) is 0 Å². The summed E-state index contributed by atoms with van der Waals surface area (Å²) in [5, 5.41) is 6.71. The maximum atomic E-state index is 12.0. The number of hydrogen-bond acceptors (Lipinski definition) is 4. The fourth-order valence-electron chi connectivity index (χ4n) is 1.68. The summed E-state index contributed by atoms with van der Waals surface area (Å²) in [6.07, 6.45) is 3.16. The van der Waals surface area contributed by atoms with Crippen LogP contribution in [-0.4, -0.2) is 20.7 Å². The normalized spacial score (nSPS) is 10.3. The van der Waals surface area contributed by atoms with Crippen molar-refractivity contribution in [1.29, 1.82) is 0 Å². The summed E-state index contributed by atoms with van der Waals surface area (Å²) in [5.74, 6) is -0.252. The second-order valence-corrected chi connectivity index (χ2v) is 4.02. The van der Waals surface area contributed by atoms with Crippen LogP contribution < -0.4 is 11.1 Å². The number of aromatic nitrogens is 3. The van der Waals surface area contributed by atoms with Crippen LogP contribution in [0.2, 0.25) is 0 Å². The van der Waals surface area contributed by atoms with Crippen LogP contribution in [0.25, 0.3) is 0 Å². The Kier molecular flexibility index (Phi) is 3.27. The van der Waals surface area contributed by atoms with Crippen molar-refractivity contribution in [2.45, 2.75) is 13.5 Å². The molecule has 18 heavy (non-hydrogen) atoms. The van der Waals surface area contributed by atoms with E-state index in [2.05, 4.69) is 15.4 Å². The van der Waals surface area contributed by atoms with Crippen molar-refractivity contribution in [1.82, 2.24) is 20.1 Å². The predicted octanol–water partition coefficient (Wildman–Crippen LogP) is 0.636. The average molecular weight is 245 g/mol. The molecule has 2 rings (SSSR count). The first-order valence-electron chi connectivity index (χ1n) is 5.55. The number of carbonyl (C=O) groups is 1. The Morgan fingerprint density at radius 1 is 1.56 bits per heavy atom. The van der Waals surface area contributed by atoms with Gasteiger partial charge in [0, 0.05) is 13.2 Å². The molecule has 0 aliphatic heterocycles. The molecule has 0 saturated carbocycles. The molecule has 94 valence electrons. The van der Waals surface area contributed by atoms with Gasteiger partial charge in [-0.05, 0) is 18.6 Å². The molecule has 6 heteroatoms. The summed E-state index contributed by atoms with van der Waals surface area (Å²) in [7, 11) is 1.68. The number of hydrogen-bond donors (Lipinski definition) is 2. The first-order chi connectivity index (χ1) is 8.59. The van der Waals surface area contributed by atoms with E-state index in [1.165, 1.54) is 10.9 Å². The van der Waals surface area contributed by atoms with Crippen LogP contribution in [0.5, 0.6) is 0 Å². The molecule has 0 atom stereocenters. The van der Waals surface area contributed by atoms with E-state index >= 15 is 0 Å². The summed E-state index contributed by atoms with van der Waals surface area (Å²) in [6, 6.07) is 3.81. The summed E-state index contributed by atoms with van der Waals surface area (Å²) in [5.41, 5.74) is 8.29. The van der Waals surface area contributed by atoms with Crippen LogP contribution in [0.15, 0.2) is 24.5 Å². The largest absolute Gasteiger partial charge is 0.396 e. The highest BCUT2D eigenvalue weighted by Crippen LogP contribution is 2.09. The lowest BCUT2D eigenvalue weighted by atomic mass is 10.2. The van der Waals surface area contributed by atoms with Crippen LogP contribution in [0.1, 0.15) is 21.7 Å². The molecular weight excluding hydrogens is 230 g/mol. The zero-order valence-electron chi connectivity index (χ0n) is 10.3. The van der Waals surface area contributed by atoms with Gasteiger partial charge in [-0.2, -0.15) is 5.10 Å². The molecule has 0 bridgehead atoms. The van der Waals surface area contributed by atoms with Gasteiger partial charge in [-0.1, -0.05) is 6.07 Å². The molecule has 0 unspecified atom stereocenters. The minimum absolute atomic E-state index is 0.252. The summed E-state index contributed by atoms with van der Waals surface area (Å²) < 4.78 is 1.45. The molecule has 0 saturated heterocycles. The maximum Gasteiger partial charge on any atom is 0.272 e. The molecular formula is C12H15N5O. The number of anilines is 1. The Hall–Kier alpha value is -2.37. The molecule has 1 amide bonds. The van der Waals surface area contributed by atoms with Crippen molar-refractivity contribution in [2.75, 3.05) is 5.73 Å².